The second kappa shape index (κ2) is 7.12. The molecule has 0 unspecified atom stereocenters. The zero-order valence-electron chi connectivity index (χ0n) is 15.2. The van der Waals surface area contributed by atoms with Gasteiger partial charge in [0.15, 0.2) is 9.02 Å². The number of carbonyl (C=O) groups is 1. The summed E-state index contributed by atoms with van der Waals surface area (Å²) in [7, 11) is -2.02. The van der Waals surface area contributed by atoms with E-state index in [0.717, 1.165) is 5.75 Å². The van der Waals surface area contributed by atoms with Crippen LogP contribution in [0.2, 0.25) is 16.6 Å². The standard InChI is InChI=1S/C18H26Br2O3Si/c1-11(2)24(12(3)4,13(5)6)23-14-7-8-15-16(9-14)22-10-18(19,20)17(15)21/h7-9,11-13H,10H2,1-6H3. The van der Waals surface area contributed by atoms with Gasteiger partial charge in [-0.1, -0.05) is 73.4 Å². The van der Waals surface area contributed by atoms with E-state index in [1.54, 1.807) is 0 Å². The zero-order chi connectivity index (χ0) is 18.3. The van der Waals surface area contributed by atoms with Gasteiger partial charge in [-0.2, -0.15) is 0 Å². The van der Waals surface area contributed by atoms with Crippen LogP contribution < -0.4 is 9.16 Å². The van der Waals surface area contributed by atoms with Gasteiger partial charge in [-0.15, -0.1) is 0 Å². The van der Waals surface area contributed by atoms with Gasteiger partial charge >= 0.3 is 0 Å². The fourth-order valence-electron chi connectivity index (χ4n) is 3.86. The molecule has 0 radical (unpaired) electrons. The van der Waals surface area contributed by atoms with Crippen molar-refractivity contribution in [2.24, 2.45) is 0 Å². The Balaban J connectivity index is 2.39. The molecular weight excluding hydrogens is 452 g/mol. The summed E-state index contributed by atoms with van der Waals surface area (Å²) in [5.41, 5.74) is 2.06. The zero-order valence-corrected chi connectivity index (χ0v) is 19.3. The number of Topliss-reactive ketones (excluding diaryl/α,β-unsaturated/α-hetero) is 1. The molecule has 1 heterocycles. The Morgan fingerprint density at radius 1 is 1.08 bits per heavy atom. The van der Waals surface area contributed by atoms with Crippen LogP contribution in [0.25, 0.3) is 0 Å². The number of hydrogen-bond donors (Lipinski definition) is 0. The highest BCUT2D eigenvalue weighted by molar-refractivity contribution is 9.26. The Hall–Kier alpha value is -0.333. The summed E-state index contributed by atoms with van der Waals surface area (Å²) in [5, 5.41) is 0. The van der Waals surface area contributed by atoms with Gasteiger partial charge in [0.05, 0.1) is 5.56 Å². The predicted octanol–water partition coefficient (Wildman–Crippen LogP) is 6.30. The molecule has 2 rings (SSSR count). The summed E-state index contributed by atoms with van der Waals surface area (Å²) >= 11 is 6.74. The Labute approximate surface area is 162 Å². The highest BCUT2D eigenvalue weighted by Crippen LogP contribution is 2.45. The minimum Gasteiger partial charge on any atom is -0.543 e. The molecule has 0 bridgehead atoms. The second-order valence-corrected chi connectivity index (χ2v) is 16.5. The van der Waals surface area contributed by atoms with Crippen molar-refractivity contribution in [3.05, 3.63) is 23.8 Å². The van der Waals surface area contributed by atoms with Crippen LogP contribution >= 0.6 is 31.9 Å². The molecule has 0 spiro atoms. The minimum absolute atomic E-state index is 0.0182. The summed E-state index contributed by atoms with van der Waals surface area (Å²) < 4.78 is 11.6. The Kier molecular flexibility index (Phi) is 5.93. The van der Waals surface area contributed by atoms with Crippen LogP contribution in [0.1, 0.15) is 51.9 Å². The van der Waals surface area contributed by atoms with Gasteiger partial charge in [0.1, 0.15) is 18.1 Å². The number of rotatable bonds is 5. The van der Waals surface area contributed by atoms with Crippen LogP contribution in [0, 0.1) is 0 Å². The first kappa shape index (κ1) is 20.0. The van der Waals surface area contributed by atoms with Crippen LogP contribution in [0.15, 0.2) is 18.2 Å². The first-order valence-electron chi connectivity index (χ1n) is 8.40. The van der Waals surface area contributed by atoms with E-state index in [2.05, 4.69) is 73.4 Å². The van der Waals surface area contributed by atoms with Crippen molar-refractivity contribution in [2.45, 2.75) is 61.4 Å². The number of alkyl halides is 2. The summed E-state index contributed by atoms with van der Waals surface area (Å²) in [5.74, 6) is 1.39. The van der Waals surface area contributed by atoms with Crippen LogP contribution in [-0.4, -0.2) is 23.9 Å². The van der Waals surface area contributed by atoms with Crippen LogP contribution in [0.5, 0.6) is 11.5 Å². The SMILES string of the molecule is CC(C)[Si](Oc1ccc2c(c1)OCC(Br)(Br)C2=O)(C(C)C)C(C)C. The third-order valence-electron chi connectivity index (χ3n) is 4.94. The Morgan fingerprint density at radius 3 is 2.12 bits per heavy atom. The van der Waals surface area contributed by atoms with E-state index in [1.165, 1.54) is 0 Å². The number of ketones is 1. The number of halogens is 2. The first-order chi connectivity index (χ1) is 11.0. The molecule has 1 aromatic rings. The van der Waals surface area contributed by atoms with E-state index in [1.807, 2.05) is 18.2 Å². The summed E-state index contributed by atoms with van der Waals surface area (Å²) in [6.45, 7) is 13.8. The van der Waals surface area contributed by atoms with E-state index in [9.17, 15) is 4.79 Å². The maximum absolute atomic E-state index is 12.5. The van der Waals surface area contributed by atoms with E-state index in [-0.39, 0.29) is 12.4 Å². The Morgan fingerprint density at radius 2 is 1.62 bits per heavy atom. The van der Waals surface area contributed by atoms with E-state index >= 15 is 0 Å². The van der Waals surface area contributed by atoms with Crippen molar-refractivity contribution in [3.8, 4) is 11.5 Å². The van der Waals surface area contributed by atoms with Crippen molar-refractivity contribution in [1.82, 2.24) is 0 Å². The van der Waals surface area contributed by atoms with E-state index in [0.29, 0.717) is 27.9 Å². The lowest BCUT2D eigenvalue weighted by atomic mass is 10.0. The van der Waals surface area contributed by atoms with Crippen molar-refractivity contribution < 1.29 is 14.0 Å². The molecular formula is C18H26Br2O3Si. The average molecular weight is 478 g/mol. The quantitative estimate of drug-likeness (QED) is 0.368. The van der Waals surface area contributed by atoms with Crippen molar-refractivity contribution in [1.29, 1.82) is 0 Å². The predicted molar refractivity (Wildman–Crippen MR) is 109 cm³/mol. The largest absolute Gasteiger partial charge is 0.543 e. The van der Waals surface area contributed by atoms with Gasteiger partial charge in [0.2, 0.25) is 0 Å². The van der Waals surface area contributed by atoms with Crippen LogP contribution in [0.4, 0.5) is 0 Å². The highest BCUT2D eigenvalue weighted by atomic mass is 79.9. The number of hydrogen-bond acceptors (Lipinski definition) is 3. The molecule has 0 amide bonds. The van der Waals surface area contributed by atoms with Gasteiger partial charge in [0.25, 0.3) is 8.32 Å². The molecule has 1 aliphatic heterocycles. The van der Waals surface area contributed by atoms with Crippen molar-refractivity contribution in [3.63, 3.8) is 0 Å². The third kappa shape index (κ3) is 3.47. The smallest absolute Gasteiger partial charge is 0.258 e. The number of fused-ring (bicyclic) bond motifs is 1. The molecule has 0 saturated carbocycles. The molecule has 24 heavy (non-hydrogen) atoms. The average Bonchev–Trinajstić information content (AvgIpc) is 2.48. The maximum atomic E-state index is 12.5. The molecule has 134 valence electrons. The lowest BCUT2D eigenvalue weighted by Crippen LogP contribution is -2.50. The second-order valence-electron chi connectivity index (χ2n) is 7.40. The summed E-state index contributed by atoms with van der Waals surface area (Å²) in [6.07, 6.45) is 0. The fraction of sp³-hybridized carbons (Fsp3) is 0.611. The van der Waals surface area contributed by atoms with Gasteiger partial charge in [-0.3, -0.25) is 4.79 Å². The molecule has 0 aliphatic carbocycles. The van der Waals surface area contributed by atoms with Crippen LogP contribution in [0.3, 0.4) is 0 Å². The third-order valence-corrected chi connectivity index (χ3v) is 12.1. The van der Waals surface area contributed by atoms with Gasteiger partial charge in [-0.25, -0.2) is 0 Å². The maximum Gasteiger partial charge on any atom is 0.258 e. The molecule has 0 fully saturated rings. The number of ether oxygens (including phenoxy) is 1. The first-order valence-corrected chi connectivity index (χ1v) is 12.1. The minimum atomic E-state index is -2.02. The van der Waals surface area contributed by atoms with Gasteiger partial charge in [-0.05, 0) is 28.8 Å². The summed E-state index contributed by atoms with van der Waals surface area (Å²) in [4.78, 5) is 12.5. The lowest BCUT2D eigenvalue weighted by Gasteiger charge is -2.42. The molecule has 1 aromatic carbocycles. The van der Waals surface area contributed by atoms with Gasteiger partial charge < -0.3 is 9.16 Å². The molecule has 0 aromatic heterocycles. The number of carbonyl (C=O) groups excluding carboxylic acids is 1. The Bertz CT molecular complexity index is 605. The molecule has 6 heteroatoms. The van der Waals surface area contributed by atoms with Crippen LogP contribution in [-0.2, 0) is 0 Å². The van der Waals surface area contributed by atoms with Crippen molar-refractivity contribution >= 4 is 46.0 Å². The normalized spacial score (nSPS) is 17.2. The monoisotopic (exact) mass is 476 g/mol. The topological polar surface area (TPSA) is 35.5 Å². The molecule has 0 saturated heterocycles. The van der Waals surface area contributed by atoms with E-state index < -0.39 is 11.6 Å². The highest BCUT2D eigenvalue weighted by Gasteiger charge is 2.47. The molecule has 0 N–H and O–H groups in total. The molecule has 0 atom stereocenters. The van der Waals surface area contributed by atoms with Crippen molar-refractivity contribution in [2.75, 3.05) is 6.61 Å². The lowest BCUT2D eigenvalue weighted by molar-refractivity contribution is 0.0933. The van der Waals surface area contributed by atoms with Gasteiger partial charge in [0, 0.05) is 6.07 Å². The molecule has 3 nitrogen and oxygen atoms in total. The fourth-order valence-corrected chi connectivity index (χ4v) is 9.76. The van der Waals surface area contributed by atoms with E-state index in [4.69, 9.17) is 9.16 Å². The molecule has 1 aliphatic rings. The summed E-state index contributed by atoms with van der Waals surface area (Å²) in [6, 6.07) is 5.58. The number of benzene rings is 1.